The predicted molar refractivity (Wildman–Crippen MR) is 252 cm³/mol. The molecular weight excluding hydrogens is 880 g/mol. The van der Waals surface area contributed by atoms with E-state index in [2.05, 4.69) is 0 Å². The second kappa shape index (κ2) is 31.8. The molecule has 0 radical (unpaired) electrons. The molecule has 4 aromatic rings. The molecule has 0 fully saturated rings. The number of benzene rings is 4. The van der Waals surface area contributed by atoms with Gasteiger partial charge in [0, 0.05) is 91.1 Å². The highest BCUT2D eigenvalue weighted by Crippen LogP contribution is 2.37. The number of aliphatic hydroxyl groups is 4. The highest BCUT2D eigenvalue weighted by Gasteiger charge is 2.23. The van der Waals surface area contributed by atoms with Crippen LogP contribution in [0.1, 0.15) is 93.7 Å². The summed E-state index contributed by atoms with van der Waals surface area (Å²) < 4.78 is 46.3. The molecule has 0 bridgehead atoms. The van der Waals surface area contributed by atoms with Gasteiger partial charge in [-0.2, -0.15) is 23.5 Å². The highest BCUT2D eigenvalue weighted by atomic mass is 32.2. The molecule has 0 aliphatic rings. The van der Waals surface area contributed by atoms with Crippen LogP contribution in [-0.2, 0) is 13.6 Å². The third-order valence-electron chi connectivity index (χ3n) is 9.49. The maximum atomic E-state index is 13.4. The van der Waals surface area contributed by atoms with Crippen molar-refractivity contribution in [3.8, 4) is 23.0 Å². The second-order valence-corrected chi connectivity index (χ2v) is 18.0. The molecule has 0 saturated carbocycles. The van der Waals surface area contributed by atoms with Gasteiger partial charge in [0.2, 0.25) is 0 Å². The second-order valence-electron chi connectivity index (χ2n) is 14.5. The van der Waals surface area contributed by atoms with Gasteiger partial charge in [0.1, 0.15) is 36.2 Å². The fourth-order valence-electron chi connectivity index (χ4n) is 6.05. The van der Waals surface area contributed by atoms with E-state index in [4.69, 9.17) is 48.4 Å². The fraction of sp³-hybridized carbons (Fsp3) is 0.458. The Labute approximate surface area is 386 Å². The Balaban J connectivity index is 1.24. The lowest BCUT2D eigenvalue weighted by molar-refractivity contribution is 0.0974. The van der Waals surface area contributed by atoms with Crippen LogP contribution in [0.25, 0.3) is 0 Å². The topological polar surface area (TPSA) is 188 Å². The molecule has 0 aliphatic carbocycles. The maximum absolute atomic E-state index is 13.4. The molecule has 64 heavy (non-hydrogen) atoms. The van der Waals surface area contributed by atoms with Gasteiger partial charge in [-0.05, 0) is 108 Å². The third kappa shape index (κ3) is 20.4. The van der Waals surface area contributed by atoms with E-state index < -0.39 is 8.25 Å². The molecular formula is C48H62O13PS2+. The van der Waals surface area contributed by atoms with Gasteiger partial charge in [0.15, 0.2) is 11.6 Å². The number of carbonyl (C=O) groups excluding carboxylic acids is 2. The number of aliphatic hydroxyl groups excluding tert-OH is 4. The lowest BCUT2D eigenvalue weighted by Gasteiger charge is -2.17. The SMILES string of the molecule is O=C(CC(SCCCO[P+](=O)OCCCSC(CC(=O)c1ccc(OCCCO)cc1)c1ccc(OCCCO)cc1)c1ccc(OCCCO)cc1)c1ccc(OCCCO)cc1. The first kappa shape index (κ1) is 52.6. The number of rotatable bonds is 36. The quantitative estimate of drug-likeness (QED) is 0.0192. The van der Waals surface area contributed by atoms with E-state index in [1.54, 1.807) is 72.1 Å². The standard InChI is InChI=1S/C48H62O13PS2/c49-23-1-27-56-41-15-7-37(8-16-41)45(53)35-47(39-11-19-43(20-12-39)58-29-3-25-51)63-33-5-31-60-62(55)61-32-6-34-64-48(40-13-21-44(22-14-40)59-30-4-26-52)36-46(54)38-9-17-42(18-10-38)57-28-2-24-50/h7-22,47-52H,1-6,23-36H2/q+1. The van der Waals surface area contributed by atoms with Crippen molar-refractivity contribution in [2.45, 2.75) is 61.9 Å². The van der Waals surface area contributed by atoms with Crippen molar-refractivity contribution in [3.63, 3.8) is 0 Å². The minimum Gasteiger partial charge on any atom is -0.494 e. The van der Waals surface area contributed by atoms with Crippen molar-refractivity contribution >= 4 is 43.3 Å². The Morgan fingerprint density at radius 2 is 0.734 bits per heavy atom. The van der Waals surface area contributed by atoms with Crippen LogP contribution in [0.2, 0.25) is 0 Å². The van der Waals surface area contributed by atoms with Gasteiger partial charge in [0.25, 0.3) is 0 Å². The Bertz CT molecular complexity index is 1760. The van der Waals surface area contributed by atoms with E-state index in [-0.39, 0.29) is 74.5 Å². The van der Waals surface area contributed by atoms with Crippen molar-refractivity contribution < 1.29 is 62.6 Å². The summed E-state index contributed by atoms with van der Waals surface area (Å²) in [5.74, 6) is 3.88. The maximum Gasteiger partial charge on any atom is 0.697 e. The number of Topliss-reactive ketones (excluding diaryl/α,β-unsaturated/α-hetero) is 2. The van der Waals surface area contributed by atoms with Crippen LogP contribution in [0.4, 0.5) is 0 Å². The molecule has 4 aromatic carbocycles. The van der Waals surface area contributed by atoms with Gasteiger partial charge in [0.05, 0.1) is 26.4 Å². The first-order chi connectivity index (χ1) is 31.3. The first-order valence-corrected chi connectivity index (χ1v) is 24.9. The van der Waals surface area contributed by atoms with Crippen molar-refractivity contribution in [1.29, 1.82) is 0 Å². The van der Waals surface area contributed by atoms with Crippen LogP contribution < -0.4 is 18.9 Å². The zero-order valence-corrected chi connectivity index (χ0v) is 38.8. The van der Waals surface area contributed by atoms with Gasteiger partial charge in [-0.1, -0.05) is 24.3 Å². The highest BCUT2D eigenvalue weighted by molar-refractivity contribution is 7.99. The monoisotopic (exact) mass is 941 g/mol. The zero-order valence-electron chi connectivity index (χ0n) is 36.3. The van der Waals surface area contributed by atoms with Crippen molar-refractivity contribution in [2.24, 2.45) is 0 Å². The number of hydrogen-bond acceptors (Lipinski definition) is 15. The van der Waals surface area contributed by atoms with E-state index in [1.807, 2.05) is 48.5 Å². The summed E-state index contributed by atoms with van der Waals surface area (Å²) in [5.41, 5.74) is 3.07. The number of ether oxygens (including phenoxy) is 4. The lowest BCUT2D eigenvalue weighted by Crippen LogP contribution is -2.07. The Kier molecular flexibility index (Phi) is 26.1. The molecule has 0 spiro atoms. The minimum atomic E-state index is -2.34. The van der Waals surface area contributed by atoms with Gasteiger partial charge >= 0.3 is 8.25 Å². The average molecular weight is 942 g/mol. The number of hydrogen-bond donors (Lipinski definition) is 4. The summed E-state index contributed by atoms with van der Waals surface area (Å²) >= 11 is 3.23. The van der Waals surface area contributed by atoms with E-state index in [0.29, 0.717) is 111 Å². The largest absolute Gasteiger partial charge is 0.697 e. The summed E-state index contributed by atoms with van der Waals surface area (Å²) in [4.78, 5) is 26.9. The summed E-state index contributed by atoms with van der Waals surface area (Å²) in [7, 11) is -2.34. The molecule has 0 heterocycles. The molecule has 0 aromatic heterocycles. The smallest absolute Gasteiger partial charge is 0.494 e. The summed E-state index contributed by atoms with van der Waals surface area (Å²) in [5, 5.41) is 35.8. The van der Waals surface area contributed by atoms with E-state index in [1.165, 1.54) is 0 Å². The summed E-state index contributed by atoms with van der Waals surface area (Å²) in [6.45, 7) is 2.20. The van der Waals surface area contributed by atoms with Gasteiger partial charge in [-0.25, -0.2) is 0 Å². The van der Waals surface area contributed by atoms with Crippen molar-refractivity contribution in [1.82, 2.24) is 0 Å². The van der Waals surface area contributed by atoms with Gasteiger partial charge in [-0.15, -0.1) is 9.05 Å². The molecule has 0 saturated heterocycles. The van der Waals surface area contributed by atoms with Crippen LogP contribution in [0.5, 0.6) is 23.0 Å². The summed E-state index contributed by atoms with van der Waals surface area (Å²) in [6.07, 6.45) is 3.79. The molecule has 2 atom stereocenters. The number of thioether (sulfide) groups is 2. The van der Waals surface area contributed by atoms with Crippen LogP contribution >= 0.6 is 31.8 Å². The van der Waals surface area contributed by atoms with Crippen LogP contribution in [0.3, 0.4) is 0 Å². The molecule has 13 nitrogen and oxygen atoms in total. The Morgan fingerprint density at radius 1 is 0.438 bits per heavy atom. The van der Waals surface area contributed by atoms with Crippen molar-refractivity contribution in [2.75, 3.05) is 77.6 Å². The lowest BCUT2D eigenvalue weighted by atomic mass is 10.0. The number of carbonyl (C=O) groups is 2. The van der Waals surface area contributed by atoms with E-state index in [9.17, 15) is 14.2 Å². The summed E-state index contributed by atoms with van der Waals surface area (Å²) in [6, 6.07) is 29.2. The predicted octanol–water partition coefficient (Wildman–Crippen LogP) is 9.00. The Morgan fingerprint density at radius 3 is 1.03 bits per heavy atom. The molecule has 4 N–H and O–H groups in total. The molecule has 348 valence electrons. The molecule has 16 heteroatoms. The first-order valence-electron chi connectivity index (χ1n) is 21.7. The zero-order chi connectivity index (χ0) is 45.6. The molecule has 0 amide bonds. The molecule has 0 aliphatic heterocycles. The Hall–Kier alpha value is -4.02. The van der Waals surface area contributed by atoms with E-state index >= 15 is 0 Å². The fourth-order valence-corrected chi connectivity index (χ4v) is 9.06. The van der Waals surface area contributed by atoms with Crippen LogP contribution in [0.15, 0.2) is 97.1 Å². The van der Waals surface area contributed by atoms with Crippen LogP contribution in [0, 0.1) is 0 Å². The van der Waals surface area contributed by atoms with Gasteiger partial charge in [-0.3, -0.25) is 9.59 Å². The minimum absolute atomic E-state index is 0.0174. The van der Waals surface area contributed by atoms with Crippen molar-refractivity contribution in [3.05, 3.63) is 119 Å². The molecule has 2 unspecified atom stereocenters. The van der Waals surface area contributed by atoms with E-state index in [0.717, 1.165) is 11.1 Å². The average Bonchev–Trinajstić information content (AvgIpc) is 3.31. The van der Waals surface area contributed by atoms with Crippen LogP contribution in [-0.4, -0.2) is 110 Å². The molecule has 4 rings (SSSR count). The normalized spacial score (nSPS) is 12.3. The number of ketones is 2. The van der Waals surface area contributed by atoms with Gasteiger partial charge < -0.3 is 39.4 Å². The third-order valence-corrected chi connectivity index (χ3v) is 13.0.